The Hall–Kier alpha value is -2.88. The molecule has 9 heteroatoms. The normalized spacial score (nSPS) is 16.1. The molecular weight excluding hydrogens is 433 g/mol. The predicted octanol–water partition coefficient (Wildman–Crippen LogP) is 3.27. The molecule has 1 atom stereocenters. The summed E-state index contributed by atoms with van der Waals surface area (Å²) < 4.78 is 53.2. The van der Waals surface area contributed by atoms with Gasteiger partial charge in [-0.3, -0.25) is 4.90 Å². The first-order valence-corrected chi connectivity index (χ1v) is 11.9. The highest BCUT2D eigenvalue weighted by molar-refractivity contribution is 7.89. The number of halogens is 1. The number of hydrogen-bond donors (Lipinski definition) is 1. The number of benzene rings is 2. The van der Waals surface area contributed by atoms with E-state index in [4.69, 9.17) is 9.15 Å². The second-order valence-electron chi connectivity index (χ2n) is 7.53. The van der Waals surface area contributed by atoms with Crippen molar-refractivity contribution in [2.24, 2.45) is 0 Å². The van der Waals surface area contributed by atoms with Gasteiger partial charge in [0.05, 0.1) is 30.0 Å². The standard InChI is InChI=1S/C23H26FN3O4S/c1-30-18-8-10-19(11-9-18)32(28,29)25-17-22(23-7-4-16-31-23)27-14-12-26(13-15-27)21-6-3-2-5-20(21)24/h2-11,16,22,25H,12-15,17H2,1H3/t22-/m0/s1. The van der Waals surface area contributed by atoms with Crippen molar-refractivity contribution < 1.29 is 22.0 Å². The number of hydrogen-bond acceptors (Lipinski definition) is 6. The van der Waals surface area contributed by atoms with Crippen LogP contribution in [-0.2, 0) is 10.0 Å². The van der Waals surface area contributed by atoms with Gasteiger partial charge < -0.3 is 14.1 Å². The highest BCUT2D eigenvalue weighted by Crippen LogP contribution is 2.26. The molecule has 0 amide bonds. The molecular formula is C23H26FN3O4S. The molecule has 1 saturated heterocycles. The van der Waals surface area contributed by atoms with E-state index in [0.29, 0.717) is 43.4 Å². The van der Waals surface area contributed by atoms with Crippen molar-refractivity contribution in [1.82, 2.24) is 9.62 Å². The second-order valence-corrected chi connectivity index (χ2v) is 9.30. The fraction of sp³-hybridized carbons (Fsp3) is 0.304. The van der Waals surface area contributed by atoms with Crippen molar-refractivity contribution in [1.29, 1.82) is 0 Å². The van der Waals surface area contributed by atoms with Crippen LogP contribution in [0, 0.1) is 5.82 Å². The number of ether oxygens (including phenoxy) is 1. The summed E-state index contributed by atoms with van der Waals surface area (Å²) in [5.74, 6) is 1.03. The summed E-state index contributed by atoms with van der Waals surface area (Å²) in [6.45, 7) is 2.70. The molecule has 0 aliphatic carbocycles. The van der Waals surface area contributed by atoms with E-state index in [1.807, 2.05) is 17.0 Å². The molecule has 1 fully saturated rings. The van der Waals surface area contributed by atoms with E-state index in [1.54, 1.807) is 36.6 Å². The Labute approximate surface area is 187 Å². The van der Waals surface area contributed by atoms with Gasteiger partial charge in [0.2, 0.25) is 10.0 Å². The zero-order valence-electron chi connectivity index (χ0n) is 17.8. The molecule has 3 aromatic rings. The highest BCUT2D eigenvalue weighted by atomic mass is 32.2. The quantitative estimate of drug-likeness (QED) is 0.557. The minimum atomic E-state index is -3.70. The van der Waals surface area contributed by atoms with Crippen LogP contribution in [0.2, 0.25) is 0 Å². The number of furan rings is 1. The monoisotopic (exact) mass is 459 g/mol. The highest BCUT2D eigenvalue weighted by Gasteiger charge is 2.29. The van der Waals surface area contributed by atoms with Crippen LogP contribution >= 0.6 is 0 Å². The van der Waals surface area contributed by atoms with Crippen LogP contribution in [0.1, 0.15) is 11.8 Å². The van der Waals surface area contributed by atoms with Gasteiger partial charge in [-0.1, -0.05) is 12.1 Å². The summed E-state index contributed by atoms with van der Waals surface area (Å²) in [4.78, 5) is 4.33. The molecule has 2 heterocycles. The van der Waals surface area contributed by atoms with E-state index < -0.39 is 10.0 Å². The van der Waals surface area contributed by atoms with E-state index in [9.17, 15) is 12.8 Å². The zero-order valence-corrected chi connectivity index (χ0v) is 18.6. The number of nitrogens with zero attached hydrogens (tertiary/aromatic N) is 2. The molecule has 7 nitrogen and oxygen atoms in total. The Morgan fingerprint density at radius 2 is 1.75 bits per heavy atom. The maximum Gasteiger partial charge on any atom is 0.240 e. The Morgan fingerprint density at radius 1 is 1.03 bits per heavy atom. The first kappa shape index (κ1) is 22.3. The lowest BCUT2D eigenvalue weighted by Crippen LogP contribution is -2.50. The number of anilines is 1. The van der Waals surface area contributed by atoms with Crippen LogP contribution in [0.5, 0.6) is 5.75 Å². The predicted molar refractivity (Wildman–Crippen MR) is 120 cm³/mol. The SMILES string of the molecule is COc1ccc(S(=O)(=O)NC[C@@H](c2ccco2)N2CCN(c3ccccc3F)CC2)cc1. The Morgan fingerprint density at radius 3 is 2.38 bits per heavy atom. The van der Waals surface area contributed by atoms with Crippen molar-refractivity contribution >= 4 is 15.7 Å². The number of rotatable bonds is 8. The van der Waals surface area contributed by atoms with Gasteiger partial charge in [-0.2, -0.15) is 0 Å². The summed E-state index contributed by atoms with van der Waals surface area (Å²) in [7, 11) is -2.17. The summed E-state index contributed by atoms with van der Waals surface area (Å²) in [5.41, 5.74) is 0.585. The zero-order chi connectivity index (χ0) is 22.6. The fourth-order valence-corrected chi connectivity index (χ4v) is 4.94. The van der Waals surface area contributed by atoms with E-state index in [0.717, 1.165) is 0 Å². The molecule has 1 aliphatic heterocycles. The minimum absolute atomic E-state index is 0.154. The molecule has 1 N–H and O–H groups in total. The third-order valence-corrected chi connectivity index (χ3v) is 7.10. The van der Waals surface area contributed by atoms with Crippen LogP contribution < -0.4 is 14.4 Å². The van der Waals surface area contributed by atoms with Gasteiger partial charge in [-0.25, -0.2) is 17.5 Å². The summed E-state index contributed by atoms with van der Waals surface area (Å²) in [6.07, 6.45) is 1.58. The Bertz CT molecular complexity index is 1110. The number of para-hydroxylation sites is 1. The summed E-state index contributed by atoms with van der Waals surface area (Å²) >= 11 is 0. The van der Waals surface area contributed by atoms with Gasteiger partial charge in [0.25, 0.3) is 0 Å². The molecule has 4 rings (SSSR count). The van der Waals surface area contributed by atoms with E-state index in [1.165, 1.54) is 25.3 Å². The first-order chi connectivity index (χ1) is 15.5. The smallest absolute Gasteiger partial charge is 0.240 e. The van der Waals surface area contributed by atoms with Crippen molar-refractivity contribution in [3.8, 4) is 5.75 Å². The maximum atomic E-state index is 14.2. The average Bonchev–Trinajstić information content (AvgIpc) is 3.35. The van der Waals surface area contributed by atoms with E-state index >= 15 is 0 Å². The molecule has 1 aliphatic rings. The Kier molecular flexibility index (Phi) is 6.78. The number of nitrogens with one attached hydrogen (secondary N) is 1. The molecule has 0 radical (unpaired) electrons. The largest absolute Gasteiger partial charge is 0.497 e. The van der Waals surface area contributed by atoms with Crippen molar-refractivity contribution in [2.75, 3.05) is 44.7 Å². The molecule has 2 aromatic carbocycles. The second kappa shape index (κ2) is 9.72. The molecule has 32 heavy (non-hydrogen) atoms. The molecule has 1 aromatic heterocycles. The van der Waals surface area contributed by atoms with Crippen LogP contribution in [-0.4, -0.2) is 53.2 Å². The third kappa shape index (κ3) is 4.95. The van der Waals surface area contributed by atoms with E-state index in [-0.39, 0.29) is 23.3 Å². The van der Waals surface area contributed by atoms with Crippen LogP contribution in [0.25, 0.3) is 0 Å². The molecule has 0 saturated carbocycles. The molecule has 170 valence electrons. The van der Waals surface area contributed by atoms with Crippen LogP contribution in [0.3, 0.4) is 0 Å². The van der Waals surface area contributed by atoms with Gasteiger partial charge in [0.1, 0.15) is 17.3 Å². The first-order valence-electron chi connectivity index (χ1n) is 10.4. The lowest BCUT2D eigenvalue weighted by molar-refractivity contribution is 0.166. The molecule has 0 unspecified atom stereocenters. The molecule has 0 bridgehead atoms. The summed E-state index contributed by atoms with van der Waals surface area (Å²) in [5, 5.41) is 0. The maximum absolute atomic E-state index is 14.2. The lowest BCUT2D eigenvalue weighted by atomic mass is 10.1. The van der Waals surface area contributed by atoms with E-state index in [2.05, 4.69) is 9.62 Å². The molecule has 0 spiro atoms. The van der Waals surface area contributed by atoms with Crippen LogP contribution in [0.4, 0.5) is 10.1 Å². The van der Waals surface area contributed by atoms with Crippen LogP contribution in [0.15, 0.2) is 76.2 Å². The van der Waals surface area contributed by atoms with Crippen molar-refractivity contribution in [3.63, 3.8) is 0 Å². The number of sulfonamides is 1. The fourth-order valence-electron chi connectivity index (χ4n) is 3.90. The van der Waals surface area contributed by atoms with Crippen molar-refractivity contribution in [2.45, 2.75) is 10.9 Å². The van der Waals surface area contributed by atoms with Gasteiger partial charge in [0, 0.05) is 32.7 Å². The number of methoxy groups -OCH3 is 1. The Balaban J connectivity index is 1.45. The van der Waals surface area contributed by atoms with Gasteiger partial charge in [0.15, 0.2) is 0 Å². The topological polar surface area (TPSA) is 75.0 Å². The lowest BCUT2D eigenvalue weighted by Gasteiger charge is -2.39. The average molecular weight is 460 g/mol. The number of piperazine rings is 1. The van der Waals surface area contributed by atoms with Crippen molar-refractivity contribution in [3.05, 3.63) is 78.5 Å². The third-order valence-electron chi connectivity index (χ3n) is 5.66. The summed E-state index contributed by atoms with van der Waals surface area (Å²) in [6, 6.07) is 16.3. The van der Waals surface area contributed by atoms with Gasteiger partial charge >= 0.3 is 0 Å². The minimum Gasteiger partial charge on any atom is -0.497 e. The van der Waals surface area contributed by atoms with Gasteiger partial charge in [-0.15, -0.1) is 0 Å². The van der Waals surface area contributed by atoms with Gasteiger partial charge in [-0.05, 0) is 48.5 Å².